The van der Waals surface area contributed by atoms with Crippen LogP contribution in [0.5, 0.6) is 0 Å². The average molecular weight is 412 g/mol. The van der Waals surface area contributed by atoms with Crippen molar-refractivity contribution in [1.29, 1.82) is 0 Å². The van der Waals surface area contributed by atoms with Crippen molar-refractivity contribution in [2.75, 3.05) is 0 Å². The van der Waals surface area contributed by atoms with Crippen molar-refractivity contribution in [2.45, 2.75) is 23.8 Å². The van der Waals surface area contributed by atoms with Crippen LogP contribution >= 0.6 is 11.6 Å². The molecule has 27 heavy (non-hydrogen) atoms. The van der Waals surface area contributed by atoms with Crippen LogP contribution in [0.4, 0.5) is 4.39 Å². The van der Waals surface area contributed by atoms with Gasteiger partial charge in [0.25, 0.3) is 11.8 Å². The van der Waals surface area contributed by atoms with Crippen LogP contribution in [0.25, 0.3) is 0 Å². The monoisotopic (exact) mass is 411 g/mol. The van der Waals surface area contributed by atoms with Gasteiger partial charge in [-0.1, -0.05) is 11.6 Å². The minimum Gasteiger partial charge on any atom is -0.267 e. The molecule has 142 valence electrons. The average Bonchev–Trinajstić information content (AvgIpc) is 3.43. The smallest absolute Gasteiger partial charge is 0.267 e. The van der Waals surface area contributed by atoms with Crippen LogP contribution in [-0.4, -0.2) is 26.3 Å². The molecule has 2 aromatic rings. The van der Waals surface area contributed by atoms with Crippen molar-refractivity contribution in [1.82, 2.24) is 15.6 Å². The topological polar surface area (TPSA) is 104 Å². The minimum atomic E-state index is -3.85. The maximum absolute atomic E-state index is 12.9. The normalized spacial score (nSPS) is 13.9. The van der Waals surface area contributed by atoms with Gasteiger partial charge in [0.1, 0.15) is 10.7 Å². The standard InChI is InChI=1S/C17H15ClFN3O4S/c18-14-8-3-11(9-15(14)27(25,26)22-13-6-7-13)17(24)21-20-16(23)10-1-4-12(19)5-2-10/h1-5,8-9,13,22H,6-7H2,(H,20,23)(H,21,24). The zero-order chi connectivity index (χ0) is 19.6. The van der Waals surface area contributed by atoms with E-state index in [1.807, 2.05) is 0 Å². The van der Waals surface area contributed by atoms with Gasteiger partial charge in [-0.05, 0) is 55.3 Å². The first-order valence-electron chi connectivity index (χ1n) is 7.94. The van der Waals surface area contributed by atoms with Crippen LogP contribution in [0, 0.1) is 5.82 Å². The Morgan fingerprint density at radius 3 is 2.11 bits per heavy atom. The number of halogens is 2. The molecule has 0 radical (unpaired) electrons. The Bertz CT molecular complexity index is 992. The predicted molar refractivity (Wildman–Crippen MR) is 96.1 cm³/mol. The van der Waals surface area contributed by atoms with E-state index in [9.17, 15) is 22.4 Å². The van der Waals surface area contributed by atoms with Crippen LogP contribution < -0.4 is 15.6 Å². The molecule has 0 atom stereocenters. The number of hydrogen-bond donors (Lipinski definition) is 3. The lowest BCUT2D eigenvalue weighted by Crippen LogP contribution is -2.41. The molecule has 0 bridgehead atoms. The molecule has 0 unspecified atom stereocenters. The van der Waals surface area contributed by atoms with Crippen LogP contribution in [0.15, 0.2) is 47.4 Å². The molecule has 3 rings (SSSR count). The molecule has 0 heterocycles. The number of hydrogen-bond acceptors (Lipinski definition) is 4. The second kappa shape index (κ2) is 7.63. The van der Waals surface area contributed by atoms with E-state index >= 15 is 0 Å². The molecule has 1 aliphatic carbocycles. The van der Waals surface area contributed by atoms with Gasteiger partial charge in [0.2, 0.25) is 10.0 Å². The van der Waals surface area contributed by atoms with Gasteiger partial charge in [-0.25, -0.2) is 17.5 Å². The molecular formula is C17H15ClFN3O4S. The van der Waals surface area contributed by atoms with Crippen LogP contribution in [0.2, 0.25) is 5.02 Å². The Hall–Kier alpha value is -2.49. The molecule has 1 saturated carbocycles. The van der Waals surface area contributed by atoms with Gasteiger partial charge in [0.15, 0.2) is 0 Å². The Kier molecular flexibility index (Phi) is 5.45. The van der Waals surface area contributed by atoms with E-state index in [0.29, 0.717) is 0 Å². The summed E-state index contributed by atoms with van der Waals surface area (Å²) in [4.78, 5) is 23.9. The van der Waals surface area contributed by atoms with E-state index < -0.39 is 27.7 Å². The molecule has 0 aromatic heterocycles. The summed E-state index contributed by atoms with van der Waals surface area (Å²) in [7, 11) is -3.85. The summed E-state index contributed by atoms with van der Waals surface area (Å²) in [5.74, 6) is -1.88. The van der Waals surface area contributed by atoms with Gasteiger partial charge in [0.05, 0.1) is 5.02 Å². The Labute approximate surface area is 159 Å². The quantitative estimate of drug-likeness (QED) is 0.654. The molecule has 7 nitrogen and oxygen atoms in total. The summed E-state index contributed by atoms with van der Waals surface area (Å²) in [5, 5.41) is -0.0185. The largest absolute Gasteiger partial charge is 0.269 e. The van der Waals surface area contributed by atoms with Crippen LogP contribution in [0.3, 0.4) is 0 Å². The lowest BCUT2D eigenvalue weighted by atomic mass is 10.2. The third-order valence-corrected chi connectivity index (χ3v) is 5.78. The second-order valence-corrected chi connectivity index (χ2v) is 8.05. The highest BCUT2D eigenvalue weighted by Crippen LogP contribution is 2.26. The van der Waals surface area contributed by atoms with E-state index in [4.69, 9.17) is 11.6 Å². The summed E-state index contributed by atoms with van der Waals surface area (Å²) < 4.78 is 40.0. The lowest BCUT2D eigenvalue weighted by Gasteiger charge is -2.11. The van der Waals surface area contributed by atoms with Crippen molar-refractivity contribution in [3.63, 3.8) is 0 Å². The highest BCUT2D eigenvalue weighted by molar-refractivity contribution is 7.89. The summed E-state index contributed by atoms with van der Waals surface area (Å²) in [6.07, 6.45) is 1.51. The van der Waals surface area contributed by atoms with Gasteiger partial charge in [-0.3, -0.25) is 20.4 Å². The van der Waals surface area contributed by atoms with Crippen LogP contribution in [0.1, 0.15) is 33.6 Å². The fraction of sp³-hybridized carbons (Fsp3) is 0.176. The highest BCUT2D eigenvalue weighted by atomic mass is 35.5. The third kappa shape index (κ3) is 4.82. The fourth-order valence-electron chi connectivity index (χ4n) is 2.19. The summed E-state index contributed by atoms with van der Waals surface area (Å²) in [6, 6.07) is 8.38. The minimum absolute atomic E-state index is 0.00465. The number of carbonyl (C=O) groups is 2. The first kappa shape index (κ1) is 19.3. The van der Waals surface area contributed by atoms with Crippen molar-refractivity contribution >= 4 is 33.4 Å². The third-order valence-electron chi connectivity index (χ3n) is 3.78. The molecule has 0 saturated heterocycles. The molecule has 0 aliphatic heterocycles. The van der Waals surface area contributed by atoms with Gasteiger partial charge in [0, 0.05) is 17.2 Å². The molecule has 1 aliphatic rings. The number of benzene rings is 2. The van der Waals surface area contributed by atoms with E-state index in [1.165, 1.54) is 24.3 Å². The Balaban J connectivity index is 1.70. The zero-order valence-corrected chi connectivity index (χ0v) is 15.4. The highest BCUT2D eigenvalue weighted by Gasteiger charge is 2.29. The zero-order valence-electron chi connectivity index (χ0n) is 13.8. The van der Waals surface area contributed by atoms with Crippen molar-refractivity contribution in [2.24, 2.45) is 0 Å². The maximum atomic E-state index is 12.9. The number of sulfonamides is 1. The van der Waals surface area contributed by atoms with E-state index in [-0.39, 0.29) is 27.1 Å². The maximum Gasteiger partial charge on any atom is 0.269 e. The van der Waals surface area contributed by atoms with Gasteiger partial charge in [-0.2, -0.15) is 0 Å². The van der Waals surface area contributed by atoms with Crippen molar-refractivity contribution in [3.8, 4) is 0 Å². The first-order chi connectivity index (χ1) is 12.8. The number of hydrazine groups is 1. The van der Waals surface area contributed by atoms with Crippen molar-refractivity contribution in [3.05, 3.63) is 64.4 Å². The molecule has 1 fully saturated rings. The Morgan fingerprint density at radius 2 is 1.52 bits per heavy atom. The first-order valence-corrected chi connectivity index (χ1v) is 9.80. The number of nitrogens with one attached hydrogen (secondary N) is 3. The summed E-state index contributed by atoms with van der Waals surface area (Å²) >= 11 is 5.96. The lowest BCUT2D eigenvalue weighted by molar-refractivity contribution is 0.0846. The molecule has 10 heteroatoms. The van der Waals surface area contributed by atoms with E-state index in [1.54, 1.807) is 0 Å². The second-order valence-electron chi connectivity index (χ2n) is 5.96. The van der Waals surface area contributed by atoms with Crippen LogP contribution in [-0.2, 0) is 10.0 Å². The summed E-state index contributed by atoms with van der Waals surface area (Å²) in [6.45, 7) is 0. The molecular weight excluding hydrogens is 397 g/mol. The van der Waals surface area contributed by atoms with E-state index in [2.05, 4.69) is 15.6 Å². The molecule has 2 amide bonds. The predicted octanol–water partition coefficient (Wildman–Crippen LogP) is 1.99. The molecule has 0 spiro atoms. The molecule has 2 aromatic carbocycles. The number of carbonyl (C=O) groups excluding carboxylic acids is 2. The van der Waals surface area contributed by atoms with Gasteiger partial charge < -0.3 is 0 Å². The van der Waals surface area contributed by atoms with Crippen molar-refractivity contribution < 1.29 is 22.4 Å². The molecule has 3 N–H and O–H groups in total. The fourth-order valence-corrected chi connectivity index (χ4v) is 4.02. The number of rotatable bonds is 5. The number of amides is 2. The summed E-state index contributed by atoms with van der Waals surface area (Å²) in [5.41, 5.74) is 4.48. The SMILES string of the molecule is O=C(NNC(=O)c1ccc(Cl)c(S(=O)(=O)NC2CC2)c1)c1ccc(F)cc1. The Morgan fingerprint density at radius 1 is 0.963 bits per heavy atom. The van der Waals surface area contributed by atoms with E-state index in [0.717, 1.165) is 31.0 Å². The van der Waals surface area contributed by atoms with Gasteiger partial charge >= 0.3 is 0 Å². The van der Waals surface area contributed by atoms with Gasteiger partial charge in [-0.15, -0.1) is 0 Å².